The van der Waals surface area contributed by atoms with Crippen LogP contribution in [0, 0.1) is 11.2 Å². The lowest BCUT2D eigenvalue weighted by Crippen LogP contribution is -2.61. The third kappa shape index (κ3) is 3.54. The molecule has 2 N–H and O–H groups in total. The molecule has 3 heterocycles. The lowest BCUT2D eigenvalue weighted by Gasteiger charge is -2.50. The van der Waals surface area contributed by atoms with Gasteiger partial charge in [0.05, 0.1) is 24.0 Å². The van der Waals surface area contributed by atoms with E-state index >= 15 is 0 Å². The highest BCUT2D eigenvalue weighted by molar-refractivity contribution is 5.82. The molecule has 1 amide bonds. The van der Waals surface area contributed by atoms with Crippen LogP contribution in [0.25, 0.3) is 5.69 Å². The fourth-order valence-electron chi connectivity index (χ4n) is 5.27. The van der Waals surface area contributed by atoms with Crippen LogP contribution in [-0.2, 0) is 4.79 Å². The van der Waals surface area contributed by atoms with Crippen LogP contribution in [0.4, 0.5) is 4.39 Å². The second-order valence-electron chi connectivity index (χ2n) is 9.20. The zero-order chi connectivity index (χ0) is 20.7. The molecule has 3 fully saturated rings. The van der Waals surface area contributed by atoms with Crippen LogP contribution in [0.1, 0.15) is 50.0 Å². The van der Waals surface area contributed by atoms with Crippen molar-refractivity contribution < 1.29 is 14.3 Å². The van der Waals surface area contributed by atoms with E-state index in [1.807, 2.05) is 17.3 Å². The van der Waals surface area contributed by atoms with Crippen molar-refractivity contribution in [2.24, 2.45) is 5.41 Å². The molecule has 1 aromatic carbocycles. The Morgan fingerprint density at radius 1 is 1.20 bits per heavy atom. The average Bonchev–Trinajstić information content (AvgIpc) is 3.23. The minimum atomic E-state index is -0.365. The number of carbonyl (C=O) groups excluding carboxylic acids is 1. The van der Waals surface area contributed by atoms with Crippen molar-refractivity contribution in [3.05, 3.63) is 48.0 Å². The van der Waals surface area contributed by atoms with Gasteiger partial charge in [-0.05, 0) is 67.9 Å². The Hall–Kier alpha value is -2.25. The number of rotatable bonds is 3. The summed E-state index contributed by atoms with van der Waals surface area (Å²) in [6, 6.07) is 6.04. The van der Waals surface area contributed by atoms with E-state index in [4.69, 9.17) is 0 Å². The first kappa shape index (κ1) is 19.7. The van der Waals surface area contributed by atoms with Crippen molar-refractivity contribution >= 4 is 5.91 Å². The van der Waals surface area contributed by atoms with Gasteiger partial charge in [-0.2, -0.15) is 5.10 Å². The number of likely N-dealkylation sites (tertiary alicyclic amines) is 1. The lowest BCUT2D eigenvalue weighted by atomic mass is 9.62. The maximum Gasteiger partial charge on any atom is 0.239 e. The second kappa shape index (κ2) is 7.78. The summed E-state index contributed by atoms with van der Waals surface area (Å²) in [6.45, 7) is 2.21. The third-order valence-electron chi connectivity index (χ3n) is 7.49. The van der Waals surface area contributed by atoms with Gasteiger partial charge in [-0.3, -0.25) is 4.79 Å². The Balaban J connectivity index is 1.17. The van der Waals surface area contributed by atoms with Gasteiger partial charge in [0.2, 0.25) is 5.91 Å². The van der Waals surface area contributed by atoms with E-state index in [0.717, 1.165) is 56.6 Å². The molecular formula is C23H29FN4O2. The summed E-state index contributed by atoms with van der Waals surface area (Å²) in [6.07, 6.45) is 9.18. The molecule has 0 bridgehead atoms. The Morgan fingerprint density at radius 3 is 2.57 bits per heavy atom. The van der Waals surface area contributed by atoms with Crippen LogP contribution in [-0.4, -0.2) is 57.5 Å². The minimum Gasteiger partial charge on any atom is -0.392 e. The molecule has 30 heavy (non-hydrogen) atoms. The van der Waals surface area contributed by atoms with Crippen molar-refractivity contribution in [2.45, 2.75) is 56.6 Å². The molecular weight excluding hydrogens is 383 g/mol. The molecule has 1 saturated carbocycles. The van der Waals surface area contributed by atoms with Gasteiger partial charge in [-0.25, -0.2) is 9.07 Å². The highest BCUT2D eigenvalue weighted by Crippen LogP contribution is 2.46. The monoisotopic (exact) mass is 412 g/mol. The number of nitrogens with one attached hydrogen (secondary N) is 1. The fourth-order valence-corrected chi connectivity index (χ4v) is 5.27. The van der Waals surface area contributed by atoms with Crippen LogP contribution in [0.15, 0.2) is 36.7 Å². The summed E-state index contributed by atoms with van der Waals surface area (Å²) < 4.78 is 14.9. The normalized spacial score (nSPS) is 26.5. The van der Waals surface area contributed by atoms with Gasteiger partial charge >= 0.3 is 0 Å². The number of nitrogens with zero attached hydrogens (tertiary/aromatic N) is 3. The van der Waals surface area contributed by atoms with E-state index in [2.05, 4.69) is 10.4 Å². The molecule has 1 spiro atoms. The van der Waals surface area contributed by atoms with Crippen LogP contribution in [0.2, 0.25) is 0 Å². The summed E-state index contributed by atoms with van der Waals surface area (Å²) in [7, 11) is 0. The average molecular weight is 413 g/mol. The van der Waals surface area contributed by atoms with Crippen LogP contribution < -0.4 is 5.32 Å². The maximum absolute atomic E-state index is 13.1. The molecule has 1 aliphatic carbocycles. The van der Waals surface area contributed by atoms with E-state index in [-0.39, 0.29) is 29.3 Å². The number of amides is 1. The Kier molecular flexibility index (Phi) is 5.11. The summed E-state index contributed by atoms with van der Waals surface area (Å²) >= 11 is 0. The number of hydrogen-bond donors (Lipinski definition) is 2. The van der Waals surface area contributed by atoms with E-state index in [1.54, 1.807) is 16.8 Å². The van der Waals surface area contributed by atoms with Crippen molar-refractivity contribution in [2.75, 3.05) is 19.6 Å². The zero-order valence-corrected chi connectivity index (χ0v) is 17.1. The molecule has 0 unspecified atom stereocenters. The van der Waals surface area contributed by atoms with Gasteiger partial charge in [0, 0.05) is 31.2 Å². The molecule has 7 heteroatoms. The number of hydrogen-bond acceptors (Lipinski definition) is 4. The van der Waals surface area contributed by atoms with Gasteiger partial charge in [0.1, 0.15) is 5.82 Å². The van der Waals surface area contributed by atoms with Crippen molar-refractivity contribution in [1.29, 1.82) is 0 Å². The van der Waals surface area contributed by atoms with Crippen molar-refractivity contribution in [3.8, 4) is 5.69 Å². The number of piperidine rings is 2. The molecule has 2 saturated heterocycles. The van der Waals surface area contributed by atoms with Crippen molar-refractivity contribution in [1.82, 2.24) is 20.0 Å². The zero-order valence-electron chi connectivity index (χ0n) is 17.1. The number of benzene rings is 1. The predicted octanol–water partition coefficient (Wildman–Crippen LogP) is 2.61. The Labute approximate surface area is 176 Å². The number of aliphatic hydroxyl groups excluding tert-OH is 1. The molecule has 6 nitrogen and oxygen atoms in total. The molecule has 3 aliphatic rings. The molecule has 1 aromatic heterocycles. The van der Waals surface area contributed by atoms with E-state index in [0.29, 0.717) is 12.3 Å². The SMILES string of the molecule is O=C([C@@H]1C[C@@H](O)C2(CCC2)CN1)N1CCC(c2cnn(-c3ccc(F)cc3)c2)CC1. The first-order valence-electron chi connectivity index (χ1n) is 11.0. The topological polar surface area (TPSA) is 70.4 Å². The first-order valence-corrected chi connectivity index (χ1v) is 11.0. The predicted molar refractivity (Wildman–Crippen MR) is 111 cm³/mol. The van der Waals surface area contributed by atoms with Gasteiger partial charge in [-0.15, -0.1) is 0 Å². The van der Waals surface area contributed by atoms with Crippen molar-refractivity contribution in [3.63, 3.8) is 0 Å². The summed E-state index contributed by atoms with van der Waals surface area (Å²) in [4.78, 5) is 14.9. The fraction of sp³-hybridized carbons (Fsp3) is 0.565. The Bertz CT molecular complexity index is 900. The molecule has 5 rings (SSSR count). The molecule has 2 aromatic rings. The number of aromatic nitrogens is 2. The summed E-state index contributed by atoms with van der Waals surface area (Å²) in [5.41, 5.74) is 2.01. The van der Waals surface area contributed by atoms with Crippen LogP contribution >= 0.6 is 0 Å². The number of carbonyl (C=O) groups is 1. The van der Waals surface area contributed by atoms with E-state index < -0.39 is 0 Å². The highest BCUT2D eigenvalue weighted by atomic mass is 19.1. The minimum absolute atomic E-state index is 0.0223. The quantitative estimate of drug-likeness (QED) is 0.813. The summed E-state index contributed by atoms with van der Waals surface area (Å²) in [5.74, 6) is 0.237. The molecule has 160 valence electrons. The molecule has 2 aliphatic heterocycles. The maximum atomic E-state index is 13.1. The third-order valence-corrected chi connectivity index (χ3v) is 7.49. The lowest BCUT2D eigenvalue weighted by molar-refractivity contribution is -0.140. The first-order chi connectivity index (χ1) is 14.5. The van der Waals surface area contributed by atoms with Crippen LogP contribution in [0.3, 0.4) is 0 Å². The number of aliphatic hydroxyl groups is 1. The van der Waals surface area contributed by atoms with Gasteiger partial charge in [0.15, 0.2) is 0 Å². The standard InChI is InChI=1S/C23H29FN4O2/c24-18-2-4-19(5-3-18)28-14-17(13-26-28)16-6-10-27(11-7-16)22(30)20-12-21(29)23(15-25-20)8-1-9-23/h2-5,13-14,16,20-21,25,29H,1,6-12,15H2/t20-,21+/m0/s1. The van der Waals surface area contributed by atoms with Crippen LogP contribution in [0.5, 0.6) is 0 Å². The summed E-state index contributed by atoms with van der Waals surface area (Å²) in [5, 5.41) is 18.4. The highest BCUT2D eigenvalue weighted by Gasteiger charge is 2.48. The molecule has 2 atom stereocenters. The second-order valence-corrected chi connectivity index (χ2v) is 9.20. The van der Waals surface area contributed by atoms with E-state index in [9.17, 15) is 14.3 Å². The Morgan fingerprint density at radius 2 is 1.93 bits per heavy atom. The van der Waals surface area contributed by atoms with E-state index in [1.165, 1.54) is 18.6 Å². The van der Waals surface area contributed by atoms with Gasteiger partial charge < -0.3 is 15.3 Å². The smallest absolute Gasteiger partial charge is 0.239 e. The number of halogens is 1. The van der Waals surface area contributed by atoms with Gasteiger partial charge in [0.25, 0.3) is 0 Å². The van der Waals surface area contributed by atoms with Gasteiger partial charge in [-0.1, -0.05) is 6.42 Å². The largest absolute Gasteiger partial charge is 0.392 e. The molecule has 0 radical (unpaired) electrons.